The van der Waals surface area contributed by atoms with Crippen molar-refractivity contribution >= 4 is 21.6 Å². The van der Waals surface area contributed by atoms with Gasteiger partial charge in [-0.2, -0.15) is 0 Å². The van der Waals surface area contributed by atoms with Gasteiger partial charge in [-0.1, -0.05) is 15.9 Å². The SMILES string of the molecule is CC(C)N(C)CCCCNCc1ccc(Br)cc1[N+](=O)[O-]. The summed E-state index contributed by atoms with van der Waals surface area (Å²) in [4.78, 5) is 13.0. The van der Waals surface area contributed by atoms with Crippen LogP contribution in [0.15, 0.2) is 22.7 Å². The molecule has 1 aromatic rings. The van der Waals surface area contributed by atoms with E-state index in [1.807, 2.05) is 6.07 Å². The number of nitro benzene ring substituents is 1. The molecule has 118 valence electrons. The second-order valence-electron chi connectivity index (χ2n) is 5.49. The van der Waals surface area contributed by atoms with E-state index in [1.165, 1.54) is 0 Å². The van der Waals surface area contributed by atoms with E-state index in [2.05, 4.69) is 47.0 Å². The molecule has 1 rings (SSSR count). The molecular weight excluding hydrogens is 334 g/mol. The van der Waals surface area contributed by atoms with E-state index < -0.39 is 0 Å². The van der Waals surface area contributed by atoms with Crippen LogP contribution in [-0.4, -0.2) is 36.0 Å². The fourth-order valence-electron chi connectivity index (χ4n) is 1.95. The van der Waals surface area contributed by atoms with E-state index in [0.29, 0.717) is 12.6 Å². The number of hydrogen-bond donors (Lipinski definition) is 1. The second kappa shape index (κ2) is 9.12. The molecular formula is C15H24BrN3O2. The summed E-state index contributed by atoms with van der Waals surface area (Å²) in [6, 6.07) is 5.75. The molecule has 1 N–H and O–H groups in total. The number of nitro groups is 1. The van der Waals surface area contributed by atoms with Gasteiger partial charge in [-0.3, -0.25) is 10.1 Å². The Labute approximate surface area is 135 Å². The van der Waals surface area contributed by atoms with Crippen molar-refractivity contribution in [3.63, 3.8) is 0 Å². The maximum Gasteiger partial charge on any atom is 0.275 e. The van der Waals surface area contributed by atoms with Crippen molar-refractivity contribution < 1.29 is 4.92 Å². The zero-order valence-electron chi connectivity index (χ0n) is 12.9. The Kier molecular flexibility index (Phi) is 7.85. The molecule has 0 atom stereocenters. The summed E-state index contributed by atoms with van der Waals surface area (Å²) in [7, 11) is 2.13. The summed E-state index contributed by atoms with van der Waals surface area (Å²) in [5.41, 5.74) is 0.888. The van der Waals surface area contributed by atoms with E-state index >= 15 is 0 Å². The molecule has 0 fully saturated rings. The van der Waals surface area contributed by atoms with Crippen LogP contribution in [0.1, 0.15) is 32.3 Å². The predicted molar refractivity (Wildman–Crippen MR) is 89.5 cm³/mol. The first kappa shape index (κ1) is 18.1. The molecule has 5 nitrogen and oxygen atoms in total. The summed E-state index contributed by atoms with van der Waals surface area (Å²) in [6.07, 6.45) is 2.20. The quantitative estimate of drug-likeness (QED) is 0.417. The Bertz CT molecular complexity index is 466. The van der Waals surface area contributed by atoms with Crippen LogP contribution in [-0.2, 0) is 6.54 Å². The molecule has 0 radical (unpaired) electrons. The summed E-state index contributed by atoms with van der Waals surface area (Å²) < 4.78 is 0.731. The summed E-state index contributed by atoms with van der Waals surface area (Å²) in [5.74, 6) is 0. The van der Waals surface area contributed by atoms with Gasteiger partial charge in [-0.05, 0) is 59.0 Å². The third-order valence-corrected chi connectivity index (χ3v) is 4.05. The normalized spacial score (nSPS) is 11.3. The zero-order chi connectivity index (χ0) is 15.8. The second-order valence-corrected chi connectivity index (χ2v) is 6.40. The maximum absolute atomic E-state index is 11.0. The number of nitrogens with zero attached hydrogens (tertiary/aromatic N) is 2. The van der Waals surface area contributed by atoms with E-state index in [9.17, 15) is 10.1 Å². The number of unbranched alkanes of at least 4 members (excludes halogenated alkanes) is 1. The number of nitrogens with one attached hydrogen (secondary N) is 1. The molecule has 0 aliphatic carbocycles. The molecule has 0 heterocycles. The topological polar surface area (TPSA) is 58.4 Å². The Morgan fingerprint density at radius 3 is 2.71 bits per heavy atom. The molecule has 21 heavy (non-hydrogen) atoms. The molecule has 0 amide bonds. The molecule has 0 unspecified atom stereocenters. The molecule has 0 aliphatic heterocycles. The van der Waals surface area contributed by atoms with Gasteiger partial charge in [0.1, 0.15) is 0 Å². The Morgan fingerprint density at radius 1 is 1.38 bits per heavy atom. The van der Waals surface area contributed by atoms with Crippen LogP contribution in [0.5, 0.6) is 0 Å². The van der Waals surface area contributed by atoms with Crippen LogP contribution in [0, 0.1) is 10.1 Å². The Hall–Kier alpha value is -0.980. The highest BCUT2D eigenvalue weighted by atomic mass is 79.9. The molecule has 0 aromatic heterocycles. The van der Waals surface area contributed by atoms with Crippen LogP contribution in [0.4, 0.5) is 5.69 Å². The van der Waals surface area contributed by atoms with Crippen molar-refractivity contribution in [2.75, 3.05) is 20.1 Å². The molecule has 1 aromatic carbocycles. The number of hydrogen-bond acceptors (Lipinski definition) is 4. The van der Waals surface area contributed by atoms with Gasteiger partial charge in [0.15, 0.2) is 0 Å². The van der Waals surface area contributed by atoms with Gasteiger partial charge >= 0.3 is 0 Å². The van der Waals surface area contributed by atoms with Crippen molar-refractivity contribution in [1.82, 2.24) is 10.2 Å². The van der Waals surface area contributed by atoms with Gasteiger partial charge < -0.3 is 10.2 Å². The average Bonchev–Trinajstić information content (AvgIpc) is 2.43. The lowest BCUT2D eigenvalue weighted by Gasteiger charge is -2.20. The molecule has 0 spiro atoms. The highest BCUT2D eigenvalue weighted by Gasteiger charge is 2.13. The number of halogens is 1. The van der Waals surface area contributed by atoms with Gasteiger partial charge in [0.05, 0.1) is 4.92 Å². The van der Waals surface area contributed by atoms with Crippen LogP contribution in [0.2, 0.25) is 0 Å². The van der Waals surface area contributed by atoms with Crippen LogP contribution < -0.4 is 5.32 Å². The first-order valence-electron chi connectivity index (χ1n) is 7.25. The highest BCUT2D eigenvalue weighted by molar-refractivity contribution is 9.10. The van der Waals surface area contributed by atoms with E-state index in [1.54, 1.807) is 12.1 Å². The van der Waals surface area contributed by atoms with Crippen molar-refractivity contribution in [3.8, 4) is 0 Å². The van der Waals surface area contributed by atoms with Crippen molar-refractivity contribution in [2.45, 2.75) is 39.3 Å². The largest absolute Gasteiger partial charge is 0.312 e. The van der Waals surface area contributed by atoms with E-state index in [0.717, 1.165) is 36.0 Å². The number of rotatable bonds is 9. The minimum atomic E-state index is -0.334. The van der Waals surface area contributed by atoms with Crippen molar-refractivity contribution in [1.29, 1.82) is 0 Å². The van der Waals surface area contributed by atoms with Crippen LogP contribution >= 0.6 is 15.9 Å². The minimum absolute atomic E-state index is 0.163. The standard InChI is InChI=1S/C15H24BrN3O2/c1-12(2)18(3)9-5-4-8-17-11-13-6-7-14(16)10-15(13)19(20)21/h6-7,10,12,17H,4-5,8-9,11H2,1-3H3. The maximum atomic E-state index is 11.0. The average molecular weight is 358 g/mol. The Morgan fingerprint density at radius 2 is 2.10 bits per heavy atom. The monoisotopic (exact) mass is 357 g/mol. The molecule has 0 bridgehead atoms. The zero-order valence-corrected chi connectivity index (χ0v) is 14.5. The summed E-state index contributed by atoms with van der Waals surface area (Å²) in [5, 5.41) is 14.3. The number of benzene rings is 1. The smallest absolute Gasteiger partial charge is 0.275 e. The third-order valence-electron chi connectivity index (χ3n) is 3.56. The van der Waals surface area contributed by atoms with Crippen LogP contribution in [0.25, 0.3) is 0 Å². The van der Waals surface area contributed by atoms with E-state index in [4.69, 9.17) is 0 Å². The predicted octanol–water partition coefficient (Wildman–Crippen LogP) is 3.57. The van der Waals surface area contributed by atoms with Crippen molar-refractivity contribution in [2.24, 2.45) is 0 Å². The molecule has 0 saturated carbocycles. The van der Waals surface area contributed by atoms with Gasteiger partial charge in [0, 0.05) is 28.7 Å². The minimum Gasteiger partial charge on any atom is -0.312 e. The highest BCUT2D eigenvalue weighted by Crippen LogP contribution is 2.23. The summed E-state index contributed by atoms with van der Waals surface area (Å²) >= 11 is 3.26. The third kappa shape index (κ3) is 6.54. The van der Waals surface area contributed by atoms with Gasteiger partial charge in [0.2, 0.25) is 0 Å². The van der Waals surface area contributed by atoms with Gasteiger partial charge in [0.25, 0.3) is 5.69 Å². The molecule has 0 aliphatic rings. The fraction of sp³-hybridized carbons (Fsp3) is 0.600. The Balaban J connectivity index is 2.32. The van der Waals surface area contributed by atoms with E-state index in [-0.39, 0.29) is 10.6 Å². The fourth-order valence-corrected chi connectivity index (χ4v) is 2.30. The first-order chi connectivity index (χ1) is 9.91. The van der Waals surface area contributed by atoms with Crippen LogP contribution in [0.3, 0.4) is 0 Å². The lowest BCUT2D eigenvalue weighted by Crippen LogP contribution is -2.27. The lowest BCUT2D eigenvalue weighted by atomic mass is 10.2. The van der Waals surface area contributed by atoms with Gasteiger partial charge in [-0.15, -0.1) is 0 Å². The lowest BCUT2D eigenvalue weighted by molar-refractivity contribution is -0.385. The van der Waals surface area contributed by atoms with Gasteiger partial charge in [-0.25, -0.2) is 0 Å². The molecule has 0 saturated heterocycles. The summed E-state index contributed by atoms with van der Waals surface area (Å²) in [6.45, 7) is 6.86. The first-order valence-corrected chi connectivity index (χ1v) is 8.05. The van der Waals surface area contributed by atoms with Crippen molar-refractivity contribution in [3.05, 3.63) is 38.3 Å². The molecule has 6 heteroatoms.